The molecule has 174 valence electrons. The lowest BCUT2D eigenvalue weighted by molar-refractivity contribution is -0.116. The third-order valence-corrected chi connectivity index (χ3v) is 7.55. The summed E-state index contributed by atoms with van der Waals surface area (Å²) < 4.78 is 7.06. The number of aliphatic hydroxyl groups is 1. The number of hydrogen-bond acceptors (Lipinski definition) is 6. The van der Waals surface area contributed by atoms with Gasteiger partial charge in [0.2, 0.25) is 5.91 Å². The van der Waals surface area contributed by atoms with Crippen molar-refractivity contribution in [3.63, 3.8) is 0 Å². The molecular formula is C26H31N3O3S. The third-order valence-electron chi connectivity index (χ3n) is 6.67. The van der Waals surface area contributed by atoms with Crippen molar-refractivity contribution in [3.8, 4) is 0 Å². The Bertz CT molecular complexity index is 1120. The Labute approximate surface area is 198 Å². The van der Waals surface area contributed by atoms with Gasteiger partial charge in [0.1, 0.15) is 0 Å². The average molecular weight is 466 g/mol. The van der Waals surface area contributed by atoms with Crippen LogP contribution >= 0.6 is 11.3 Å². The third kappa shape index (κ3) is 5.13. The van der Waals surface area contributed by atoms with Gasteiger partial charge in [0.15, 0.2) is 6.29 Å². The van der Waals surface area contributed by atoms with Crippen molar-refractivity contribution < 1.29 is 14.6 Å². The fourth-order valence-electron chi connectivity index (χ4n) is 4.88. The molecule has 1 amide bonds. The van der Waals surface area contributed by atoms with E-state index in [9.17, 15) is 9.90 Å². The number of benzene rings is 2. The molecule has 7 heteroatoms. The number of nitrogens with zero attached hydrogens (tertiary/aromatic N) is 1. The SMILES string of the molecule is O=C1CCc2ccc(C(O)OCCCCN3CCNCC3c3cccc4sccc34)cc2N1. The first kappa shape index (κ1) is 22.5. The number of thiophene rings is 1. The number of anilines is 1. The van der Waals surface area contributed by atoms with Gasteiger partial charge < -0.3 is 20.5 Å². The molecule has 2 atom stereocenters. The van der Waals surface area contributed by atoms with Crippen molar-refractivity contribution in [1.82, 2.24) is 10.2 Å². The van der Waals surface area contributed by atoms with Crippen molar-refractivity contribution in [2.45, 2.75) is 38.0 Å². The molecule has 0 aliphatic carbocycles. The van der Waals surface area contributed by atoms with Gasteiger partial charge in [0, 0.05) is 48.0 Å². The van der Waals surface area contributed by atoms with E-state index in [0.29, 0.717) is 24.6 Å². The van der Waals surface area contributed by atoms with Crippen LogP contribution in [0.5, 0.6) is 0 Å². The number of aliphatic hydroxyl groups excluding tert-OH is 1. The predicted molar refractivity (Wildman–Crippen MR) is 133 cm³/mol. The first-order chi connectivity index (χ1) is 16.2. The molecule has 0 bridgehead atoms. The number of nitrogens with one attached hydrogen (secondary N) is 2. The first-order valence-corrected chi connectivity index (χ1v) is 12.7. The van der Waals surface area contributed by atoms with Gasteiger partial charge in [-0.05, 0) is 65.9 Å². The summed E-state index contributed by atoms with van der Waals surface area (Å²) in [5, 5.41) is 20.4. The van der Waals surface area contributed by atoms with E-state index < -0.39 is 6.29 Å². The van der Waals surface area contributed by atoms with Crippen LogP contribution < -0.4 is 10.6 Å². The van der Waals surface area contributed by atoms with Crippen LogP contribution in [0.4, 0.5) is 5.69 Å². The highest BCUT2D eigenvalue weighted by Crippen LogP contribution is 2.32. The topological polar surface area (TPSA) is 73.8 Å². The number of rotatable bonds is 8. The number of unbranched alkanes of at least 4 members (excludes halogenated alkanes) is 1. The lowest BCUT2D eigenvalue weighted by Crippen LogP contribution is -2.46. The van der Waals surface area contributed by atoms with Gasteiger partial charge in [-0.25, -0.2) is 0 Å². The maximum absolute atomic E-state index is 11.6. The molecule has 3 heterocycles. The van der Waals surface area contributed by atoms with Gasteiger partial charge in [-0.2, -0.15) is 0 Å². The molecule has 5 rings (SSSR count). The molecule has 1 fully saturated rings. The Morgan fingerprint density at radius 2 is 2.12 bits per heavy atom. The molecule has 3 aromatic rings. The Hall–Kier alpha value is -2.29. The van der Waals surface area contributed by atoms with Crippen molar-refractivity contribution in [2.24, 2.45) is 0 Å². The fraction of sp³-hybridized carbons (Fsp3) is 0.423. The highest BCUT2D eigenvalue weighted by Gasteiger charge is 2.25. The van der Waals surface area contributed by atoms with E-state index in [1.165, 1.54) is 15.6 Å². The Morgan fingerprint density at radius 3 is 3.06 bits per heavy atom. The lowest BCUT2D eigenvalue weighted by atomic mass is 9.99. The minimum Gasteiger partial charge on any atom is -0.364 e. The van der Waals surface area contributed by atoms with Crippen molar-refractivity contribution in [2.75, 3.05) is 38.1 Å². The average Bonchev–Trinajstić information content (AvgIpc) is 3.33. The quantitative estimate of drug-likeness (QED) is 0.343. The summed E-state index contributed by atoms with van der Waals surface area (Å²) in [4.78, 5) is 14.2. The first-order valence-electron chi connectivity index (χ1n) is 11.8. The fourth-order valence-corrected chi connectivity index (χ4v) is 5.70. The molecule has 2 aliphatic heterocycles. The van der Waals surface area contributed by atoms with Gasteiger partial charge in [0.05, 0.1) is 6.61 Å². The van der Waals surface area contributed by atoms with E-state index >= 15 is 0 Å². The molecule has 1 aromatic heterocycles. The van der Waals surface area contributed by atoms with E-state index in [4.69, 9.17) is 4.74 Å². The predicted octanol–water partition coefficient (Wildman–Crippen LogP) is 4.22. The van der Waals surface area contributed by atoms with Crippen LogP contribution in [0.1, 0.15) is 48.3 Å². The van der Waals surface area contributed by atoms with Crippen molar-refractivity contribution >= 4 is 33.0 Å². The molecule has 6 nitrogen and oxygen atoms in total. The zero-order chi connectivity index (χ0) is 22.6. The minimum absolute atomic E-state index is 0.0245. The second kappa shape index (κ2) is 10.3. The lowest BCUT2D eigenvalue weighted by Gasteiger charge is -2.37. The second-order valence-corrected chi connectivity index (χ2v) is 9.78. The summed E-state index contributed by atoms with van der Waals surface area (Å²) in [6, 6.07) is 14.9. The minimum atomic E-state index is -0.975. The number of aryl methyl sites for hydroxylation is 1. The van der Waals surface area contributed by atoms with E-state index in [1.54, 1.807) is 11.3 Å². The summed E-state index contributed by atoms with van der Waals surface area (Å²) in [5.41, 5.74) is 3.99. The molecule has 0 saturated carbocycles. The summed E-state index contributed by atoms with van der Waals surface area (Å²) >= 11 is 1.80. The smallest absolute Gasteiger partial charge is 0.224 e. The monoisotopic (exact) mass is 465 g/mol. The molecule has 2 unspecified atom stereocenters. The Kier molecular flexibility index (Phi) is 7.04. The molecule has 2 aliphatic rings. The number of hydrogen-bond donors (Lipinski definition) is 3. The second-order valence-electron chi connectivity index (χ2n) is 8.83. The number of amides is 1. The van der Waals surface area contributed by atoms with Gasteiger partial charge in [-0.15, -0.1) is 11.3 Å². The van der Waals surface area contributed by atoms with Gasteiger partial charge in [-0.1, -0.05) is 24.3 Å². The number of piperazine rings is 1. The number of carbonyl (C=O) groups is 1. The highest BCUT2D eigenvalue weighted by molar-refractivity contribution is 7.17. The standard InChI is InChI=1S/C26H31N3O3S/c30-25-9-8-18-6-7-19(16-22(18)28-25)26(31)32-14-2-1-12-29-13-11-27-17-23(29)20-4-3-5-24-21(20)10-15-33-24/h3-7,10,15-16,23,26-27,31H,1-2,8-9,11-14,17H2,(H,28,30). The summed E-state index contributed by atoms with van der Waals surface area (Å²) in [6.07, 6.45) is 2.19. The Balaban J connectivity index is 1.12. The van der Waals surface area contributed by atoms with Crippen molar-refractivity contribution in [1.29, 1.82) is 0 Å². The highest BCUT2D eigenvalue weighted by atomic mass is 32.1. The van der Waals surface area contributed by atoms with Gasteiger partial charge in [0.25, 0.3) is 0 Å². The van der Waals surface area contributed by atoms with E-state index in [0.717, 1.165) is 56.7 Å². The van der Waals surface area contributed by atoms with Crippen LogP contribution in [0.3, 0.4) is 0 Å². The largest absolute Gasteiger partial charge is 0.364 e. The van der Waals surface area contributed by atoms with E-state index in [2.05, 4.69) is 45.2 Å². The van der Waals surface area contributed by atoms with Crippen LogP contribution in [-0.4, -0.2) is 48.7 Å². The number of fused-ring (bicyclic) bond motifs is 2. The van der Waals surface area contributed by atoms with Crippen LogP contribution in [0.15, 0.2) is 47.8 Å². The van der Waals surface area contributed by atoms with Crippen LogP contribution in [0.25, 0.3) is 10.1 Å². The molecule has 3 N–H and O–H groups in total. The zero-order valence-electron chi connectivity index (χ0n) is 18.8. The summed E-state index contributed by atoms with van der Waals surface area (Å²) in [5.74, 6) is 0.0245. The zero-order valence-corrected chi connectivity index (χ0v) is 19.6. The van der Waals surface area contributed by atoms with Crippen molar-refractivity contribution in [3.05, 3.63) is 64.5 Å². The van der Waals surface area contributed by atoms with Crippen LogP contribution in [0.2, 0.25) is 0 Å². The molecular weight excluding hydrogens is 434 g/mol. The Morgan fingerprint density at radius 1 is 1.18 bits per heavy atom. The van der Waals surface area contributed by atoms with E-state index in [1.807, 2.05) is 18.2 Å². The van der Waals surface area contributed by atoms with Crippen LogP contribution in [-0.2, 0) is 16.0 Å². The van der Waals surface area contributed by atoms with E-state index in [-0.39, 0.29) is 5.91 Å². The molecule has 0 radical (unpaired) electrons. The number of ether oxygens (including phenoxy) is 1. The molecule has 2 aromatic carbocycles. The summed E-state index contributed by atoms with van der Waals surface area (Å²) in [6.45, 7) is 4.54. The maximum Gasteiger partial charge on any atom is 0.224 e. The molecule has 33 heavy (non-hydrogen) atoms. The number of carbonyl (C=O) groups excluding carboxylic acids is 1. The molecule has 0 spiro atoms. The van der Waals surface area contributed by atoms with Gasteiger partial charge in [-0.3, -0.25) is 9.69 Å². The van der Waals surface area contributed by atoms with Gasteiger partial charge >= 0.3 is 0 Å². The normalized spacial score (nSPS) is 19.9. The molecule has 1 saturated heterocycles. The summed E-state index contributed by atoms with van der Waals surface area (Å²) in [7, 11) is 0. The maximum atomic E-state index is 11.6. The van der Waals surface area contributed by atoms with Crippen LogP contribution in [0, 0.1) is 0 Å².